The van der Waals surface area contributed by atoms with Gasteiger partial charge in [-0.1, -0.05) is 23.3 Å². The summed E-state index contributed by atoms with van der Waals surface area (Å²) in [6.07, 6.45) is 6.95. The van der Waals surface area contributed by atoms with Crippen LogP contribution in [-0.4, -0.2) is 0 Å². The molecule has 0 bridgehead atoms. The first kappa shape index (κ1) is 9.22. The van der Waals surface area contributed by atoms with Crippen LogP contribution in [0.4, 0.5) is 0 Å². The molecular formula is C10H16. The lowest BCUT2D eigenvalue weighted by atomic mass is 10.0. The van der Waals surface area contributed by atoms with Crippen molar-refractivity contribution in [1.29, 1.82) is 0 Å². The van der Waals surface area contributed by atoms with E-state index in [4.69, 9.17) is 0 Å². The average Bonchev–Trinajstić information content (AvgIpc) is 2.00. The van der Waals surface area contributed by atoms with E-state index < -0.39 is 0 Å². The van der Waals surface area contributed by atoms with Gasteiger partial charge in [-0.15, -0.1) is 13.2 Å². The second kappa shape index (κ2) is 5.04. The molecule has 0 atom stereocenters. The molecule has 0 aliphatic heterocycles. The van der Waals surface area contributed by atoms with Crippen molar-refractivity contribution in [2.75, 3.05) is 0 Å². The SMILES string of the molecule is C=C.CC1=CC=C(C)CC1. The smallest absolute Gasteiger partial charge is 0.0283 e. The Morgan fingerprint density at radius 1 is 1.00 bits per heavy atom. The zero-order valence-corrected chi connectivity index (χ0v) is 6.98. The molecule has 0 aromatic carbocycles. The predicted molar refractivity (Wildman–Crippen MR) is 48.0 cm³/mol. The zero-order valence-electron chi connectivity index (χ0n) is 6.98. The number of allylic oxidation sites excluding steroid dienone is 4. The molecule has 0 spiro atoms. The fourth-order valence-electron chi connectivity index (χ4n) is 0.846. The van der Waals surface area contributed by atoms with Crippen molar-refractivity contribution >= 4 is 0 Å². The maximum Gasteiger partial charge on any atom is -0.0283 e. The molecule has 0 aromatic rings. The summed E-state index contributed by atoms with van der Waals surface area (Å²) in [6, 6.07) is 0. The monoisotopic (exact) mass is 136 g/mol. The van der Waals surface area contributed by atoms with Gasteiger partial charge in [-0.3, -0.25) is 0 Å². The third-order valence-electron chi connectivity index (χ3n) is 1.57. The molecule has 1 aliphatic rings. The predicted octanol–water partition coefficient (Wildman–Crippen LogP) is 3.48. The normalized spacial score (nSPS) is 16.2. The van der Waals surface area contributed by atoms with Crippen LogP contribution in [0.1, 0.15) is 26.7 Å². The van der Waals surface area contributed by atoms with Gasteiger partial charge in [0.05, 0.1) is 0 Å². The first-order valence-electron chi connectivity index (χ1n) is 3.62. The summed E-state index contributed by atoms with van der Waals surface area (Å²) >= 11 is 0. The fraction of sp³-hybridized carbons (Fsp3) is 0.400. The first-order chi connectivity index (χ1) is 4.79. The van der Waals surface area contributed by atoms with E-state index in [9.17, 15) is 0 Å². The lowest BCUT2D eigenvalue weighted by Crippen LogP contribution is -1.85. The van der Waals surface area contributed by atoms with E-state index in [1.165, 1.54) is 24.0 Å². The lowest BCUT2D eigenvalue weighted by Gasteiger charge is -2.05. The molecular weight excluding hydrogens is 120 g/mol. The molecule has 0 nitrogen and oxygen atoms in total. The van der Waals surface area contributed by atoms with E-state index >= 15 is 0 Å². The summed E-state index contributed by atoms with van der Waals surface area (Å²) in [4.78, 5) is 0. The minimum atomic E-state index is 1.27. The van der Waals surface area contributed by atoms with Gasteiger partial charge >= 0.3 is 0 Å². The van der Waals surface area contributed by atoms with Gasteiger partial charge in [-0.25, -0.2) is 0 Å². The highest BCUT2D eigenvalue weighted by atomic mass is 14.0. The van der Waals surface area contributed by atoms with E-state index in [-0.39, 0.29) is 0 Å². The molecule has 0 heterocycles. The average molecular weight is 136 g/mol. The maximum absolute atomic E-state index is 3.00. The van der Waals surface area contributed by atoms with Crippen molar-refractivity contribution in [3.8, 4) is 0 Å². The van der Waals surface area contributed by atoms with Crippen LogP contribution in [0.15, 0.2) is 36.5 Å². The number of hydrogen-bond donors (Lipinski definition) is 0. The molecule has 10 heavy (non-hydrogen) atoms. The van der Waals surface area contributed by atoms with Crippen molar-refractivity contribution in [3.05, 3.63) is 36.5 Å². The number of rotatable bonds is 0. The van der Waals surface area contributed by atoms with Crippen molar-refractivity contribution < 1.29 is 0 Å². The zero-order chi connectivity index (χ0) is 7.98. The Balaban J connectivity index is 0.000000371. The van der Waals surface area contributed by atoms with Crippen molar-refractivity contribution in [2.45, 2.75) is 26.7 Å². The second-order valence-electron chi connectivity index (χ2n) is 2.53. The van der Waals surface area contributed by atoms with Crippen molar-refractivity contribution in [3.63, 3.8) is 0 Å². The largest absolute Gasteiger partial charge is 0.106 e. The fourth-order valence-corrected chi connectivity index (χ4v) is 0.846. The van der Waals surface area contributed by atoms with E-state index in [0.29, 0.717) is 0 Å². The van der Waals surface area contributed by atoms with Gasteiger partial charge in [0, 0.05) is 0 Å². The van der Waals surface area contributed by atoms with Crippen LogP contribution in [0.25, 0.3) is 0 Å². The first-order valence-corrected chi connectivity index (χ1v) is 3.62. The summed E-state index contributed by atoms with van der Waals surface area (Å²) < 4.78 is 0. The highest BCUT2D eigenvalue weighted by Gasteiger charge is 1.95. The molecule has 1 rings (SSSR count). The van der Waals surface area contributed by atoms with Gasteiger partial charge in [0.2, 0.25) is 0 Å². The molecule has 0 heteroatoms. The summed E-state index contributed by atoms with van der Waals surface area (Å²) in [5, 5.41) is 0. The second-order valence-corrected chi connectivity index (χ2v) is 2.53. The standard InChI is InChI=1S/C8H12.C2H4/c1-7-3-5-8(2)6-4-7;1-2/h3,5H,4,6H2,1-2H3;1-2H2. The molecule has 0 saturated heterocycles. The van der Waals surface area contributed by atoms with Gasteiger partial charge < -0.3 is 0 Å². The van der Waals surface area contributed by atoms with Gasteiger partial charge in [0.25, 0.3) is 0 Å². The third kappa shape index (κ3) is 3.29. The van der Waals surface area contributed by atoms with Gasteiger partial charge in [-0.05, 0) is 26.7 Å². The molecule has 0 N–H and O–H groups in total. The third-order valence-corrected chi connectivity index (χ3v) is 1.57. The van der Waals surface area contributed by atoms with Crippen LogP contribution in [0.2, 0.25) is 0 Å². The Morgan fingerprint density at radius 2 is 1.30 bits per heavy atom. The molecule has 56 valence electrons. The molecule has 0 saturated carbocycles. The Kier molecular flexibility index (Phi) is 4.65. The maximum atomic E-state index is 3.00. The summed E-state index contributed by atoms with van der Waals surface area (Å²) in [7, 11) is 0. The summed E-state index contributed by atoms with van der Waals surface area (Å²) in [6.45, 7) is 10.4. The molecule has 0 radical (unpaired) electrons. The van der Waals surface area contributed by atoms with Crippen LogP contribution < -0.4 is 0 Å². The van der Waals surface area contributed by atoms with Crippen LogP contribution >= 0.6 is 0 Å². The van der Waals surface area contributed by atoms with Gasteiger partial charge in [0.1, 0.15) is 0 Å². The number of hydrogen-bond acceptors (Lipinski definition) is 0. The van der Waals surface area contributed by atoms with E-state index in [2.05, 4.69) is 39.2 Å². The van der Waals surface area contributed by atoms with Crippen LogP contribution in [0, 0.1) is 0 Å². The minimum Gasteiger partial charge on any atom is -0.106 e. The molecule has 0 unspecified atom stereocenters. The Morgan fingerprint density at radius 3 is 1.50 bits per heavy atom. The summed E-state index contributed by atoms with van der Waals surface area (Å²) in [5.41, 5.74) is 3.02. The van der Waals surface area contributed by atoms with E-state index in [1.54, 1.807) is 0 Å². The Hall–Kier alpha value is -0.780. The molecule has 0 aromatic heterocycles. The van der Waals surface area contributed by atoms with Crippen LogP contribution in [-0.2, 0) is 0 Å². The topological polar surface area (TPSA) is 0 Å². The highest BCUT2D eigenvalue weighted by Crippen LogP contribution is 2.15. The van der Waals surface area contributed by atoms with Crippen LogP contribution in [0.5, 0.6) is 0 Å². The van der Waals surface area contributed by atoms with Crippen LogP contribution in [0.3, 0.4) is 0 Å². The van der Waals surface area contributed by atoms with Gasteiger partial charge in [0.15, 0.2) is 0 Å². The molecule has 0 amide bonds. The molecule has 0 fully saturated rings. The highest BCUT2D eigenvalue weighted by molar-refractivity contribution is 5.20. The van der Waals surface area contributed by atoms with Crippen molar-refractivity contribution in [1.82, 2.24) is 0 Å². The van der Waals surface area contributed by atoms with E-state index in [0.717, 1.165) is 0 Å². The van der Waals surface area contributed by atoms with Gasteiger partial charge in [-0.2, -0.15) is 0 Å². The van der Waals surface area contributed by atoms with Crippen molar-refractivity contribution in [2.24, 2.45) is 0 Å². The Bertz CT molecular complexity index is 131. The quantitative estimate of drug-likeness (QED) is 0.447. The van der Waals surface area contributed by atoms with E-state index in [1.807, 2.05) is 0 Å². The minimum absolute atomic E-state index is 1.27. The summed E-state index contributed by atoms with van der Waals surface area (Å²) in [5.74, 6) is 0. The lowest BCUT2D eigenvalue weighted by molar-refractivity contribution is 0.906. The Labute approximate surface area is 64.0 Å². The molecule has 1 aliphatic carbocycles.